The zero-order valence-corrected chi connectivity index (χ0v) is 12.8. The average molecular weight is 302 g/mol. The first-order valence-corrected chi connectivity index (χ1v) is 7.76. The molecule has 7 heteroatoms. The zero-order chi connectivity index (χ0) is 15.8. The number of aliphatic carboxylic acids is 1. The van der Waals surface area contributed by atoms with Crippen LogP contribution >= 0.6 is 0 Å². The third-order valence-corrected chi connectivity index (χ3v) is 2.93. The molecule has 7 nitrogen and oxygen atoms in total. The molecule has 1 amide bonds. The molecule has 0 heterocycles. The van der Waals surface area contributed by atoms with E-state index >= 15 is 0 Å². The SMILES string of the molecule is NCCCNCCCCNCCCNC(=O)CCC(=O)O. The maximum Gasteiger partial charge on any atom is 0.303 e. The van der Waals surface area contributed by atoms with E-state index in [1.165, 1.54) is 0 Å². The first-order chi connectivity index (χ1) is 10.2. The molecule has 0 atom stereocenters. The molecule has 0 rings (SSSR count). The summed E-state index contributed by atoms with van der Waals surface area (Å²) in [7, 11) is 0. The number of carboxylic acids is 1. The van der Waals surface area contributed by atoms with Gasteiger partial charge in [-0.1, -0.05) is 0 Å². The number of carboxylic acid groups (broad SMARTS) is 1. The molecule has 124 valence electrons. The molecule has 0 spiro atoms. The third-order valence-electron chi connectivity index (χ3n) is 2.93. The Labute approximate surface area is 127 Å². The van der Waals surface area contributed by atoms with Crippen molar-refractivity contribution in [2.75, 3.05) is 39.3 Å². The molecule has 0 aliphatic carbocycles. The van der Waals surface area contributed by atoms with Gasteiger partial charge in [-0.3, -0.25) is 9.59 Å². The number of nitrogens with two attached hydrogens (primary N) is 1. The van der Waals surface area contributed by atoms with Crippen LogP contribution in [0.2, 0.25) is 0 Å². The van der Waals surface area contributed by atoms with Gasteiger partial charge in [0.15, 0.2) is 0 Å². The number of amides is 1. The lowest BCUT2D eigenvalue weighted by Crippen LogP contribution is -2.28. The Hall–Kier alpha value is -1.18. The van der Waals surface area contributed by atoms with Crippen molar-refractivity contribution in [2.24, 2.45) is 5.73 Å². The number of hydrogen-bond acceptors (Lipinski definition) is 5. The van der Waals surface area contributed by atoms with Gasteiger partial charge in [0.25, 0.3) is 0 Å². The van der Waals surface area contributed by atoms with E-state index in [2.05, 4.69) is 16.0 Å². The number of carbonyl (C=O) groups is 2. The minimum absolute atomic E-state index is 0.0555. The Morgan fingerprint density at radius 2 is 1.38 bits per heavy atom. The first kappa shape index (κ1) is 19.8. The highest BCUT2D eigenvalue weighted by Crippen LogP contribution is 1.89. The number of unbranched alkanes of at least 4 members (excludes halogenated alkanes) is 1. The first-order valence-electron chi connectivity index (χ1n) is 7.76. The van der Waals surface area contributed by atoms with Crippen LogP contribution in [0.25, 0.3) is 0 Å². The predicted molar refractivity (Wildman–Crippen MR) is 83.1 cm³/mol. The van der Waals surface area contributed by atoms with Crippen LogP contribution in [0.15, 0.2) is 0 Å². The van der Waals surface area contributed by atoms with Crippen molar-refractivity contribution in [3.63, 3.8) is 0 Å². The molecule has 0 aliphatic heterocycles. The second-order valence-electron chi connectivity index (χ2n) is 4.95. The second-order valence-corrected chi connectivity index (χ2v) is 4.95. The van der Waals surface area contributed by atoms with E-state index in [-0.39, 0.29) is 18.7 Å². The Morgan fingerprint density at radius 3 is 1.95 bits per heavy atom. The molecule has 0 fully saturated rings. The molecule has 0 aromatic rings. The molecule has 0 aromatic carbocycles. The van der Waals surface area contributed by atoms with Gasteiger partial charge in [-0.15, -0.1) is 0 Å². The van der Waals surface area contributed by atoms with Crippen molar-refractivity contribution in [1.29, 1.82) is 0 Å². The van der Waals surface area contributed by atoms with E-state index < -0.39 is 5.97 Å². The predicted octanol–water partition coefficient (Wildman–Crippen LogP) is -0.334. The van der Waals surface area contributed by atoms with Crippen LogP contribution < -0.4 is 21.7 Å². The highest BCUT2D eigenvalue weighted by molar-refractivity contribution is 5.80. The van der Waals surface area contributed by atoms with Crippen LogP contribution in [0.5, 0.6) is 0 Å². The molecule has 0 saturated carbocycles. The van der Waals surface area contributed by atoms with Crippen molar-refractivity contribution in [3.8, 4) is 0 Å². The van der Waals surface area contributed by atoms with Crippen LogP contribution in [0, 0.1) is 0 Å². The molecule has 6 N–H and O–H groups in total. The van der Waals surface area contributed by atoms with E-state index in [0.29, 0.717) is 6.54 Å². The topological polar surface area (TPSA) is 116 Å². The molecular formula is C14H30N4O3. The smallest absolute Gasteiger partial charge is 0.303 e. The fourth-order valence-electron chi connectivity index (χ4n) is 1.73. The fraction of sp³-hybridized carbons (Fsp3) is 0.857. The fourth-order valence-corrected chi connectivity index (χ4v) is 1.73. The summed E-state index contributed by atoms with van der Waals surface area (Å²) in [6.45, 7) is 5.19. The van der Waals surface area contributed by atoms with Crippen LogP contribution in [-0.4, -0.2) is 56.3 Å². The third kappa shape index (κ3) is 16.8. The molecule has 0 saturated heterocycles. The quantitative estimate of drug-likeness (QED) is 0.264. The normalized spacial score (nSPS) is 10.5. The van der Waals surface area contributed by atoms with Crippen LogP contribution in [0.1, 0.15) is 38.5 Å². The molecule has 0 aromatic heterocycles. The molecule has 0 bridgehead atoms. The van der Waals surface area contributed by atoms with Gasteiger partial charge in [-0.2, -0.15) is 0 Å². The van der Waals surface area contributed by atoms with Gasteiger partial charge in [0.1, 0.15) is 0 Å². The standard InChI is InChI=1S/C14H30N4O3/c15-7-3-10-16-8-1-2-9-17-11-4-12-18-13(19)5-6-14(20)21/h16-17H,1-12,15H2,(H,18,19)(H,20,21). The summed E-state index contributed by atoms with van der Waals surface area (Å²) in [6.07, 6.45) is 4.09. The summed E-state index contributed by atoms with van der Waals surface area (Å²) < 4.78 is 0. The van der Waals surface area contributed by atoms with Gasteiger partial charge in [0, 0.05) is 13.0 Å². The van der Waals surface area contributed by atoms with Gasteiger partial charge in [-0.25, -0.2) is 0 Å². The van der Waals surface area contributed by atoms with Crippen molar-refractivity contribution in [3.05, 3.63) is 0 Å². The Balaban J connectivity index is 3.12. The molecule has 0 unspecified atom stereocenters. The molecule has 21 heavy (non-hydrogen) atoms. The van der Waals surface area contributed by atoms with E-state index in [0.717, 1.165) is 58.4 Å². The van der Waals surface area contributed by atoms with Crippen molar-refractivity contribution < 1.29 is 14.7 Å². The molecular weight excluding hydrogens is 272 g/mol. The lowest BCUT2D eigenvalue weighted by molar-refractivity contribution is -0.138. The summed E-state index contributed by atoms with van der Waals surface area (Å²) in [4.78, 5) is 21.5. The van der Waals surface area contributed by atoms with Gasteiger partial charge in [-0.05, 0) is 58.4 Å². The average Bonchev–Trinajstić information content (AvgIpc) is 2.46. The Bertz CT molecular complexity index is 275. The highest BCUT2D eigenvalue weighted by Gasteiger charge is 2.03. The van der Waals surface area contributed by atoms with Crippen LogP contribution in [-0.2, 0) is 9.59 Å². The van der Waals surface area contributed by atoms with Crippen molar-refractivity contribution in [1.82, 2.24) is 16.0 Å². The van der Waals surface area contributed by atoms with Gasteiger partial charge in [0.2, 0.25) is 5.91 Å². The Morgan fingerprint density at radius 1 is 0.810 bits per heavy atom. The summed E-state index contributed by atoms with van der Waals surface area (Å²) >= 11 is 0. The monoisotopic (exact) mass is 302 g/mol. The highest BCUT2D eigenvalue weighted by atomic mass is 16.4. The van der Waals surface area contributed by atoms with E-state index in [4.69, 9.17) is 10.8 Å². The number of carbonyl (C=O) groups excluding carboxylic acids is 1. The zero-order valence-electron chi connectivity index (χ0n) is 12.8. The minimum atomic E-state index is -0.940. The molecule has 0 aliphatic rings. The van der Waals surface area contributed by atoms with E-state index in [1.54, 1.807) is 0 Å². The maximum absolute atomic E-state index is 11.2. The van der Waals surface area contributed by atoms with Crippen molar-refractivity contribution >= 4 is 11.9 Å². The van der Waals surface area contributed by atoms with Crippen LogP contribution in [0.4, 0.5) is 0 Å². The van der Waals surface area contributed by atoms with Gasteiger partial charge >= 0.3 is 5.97 Å². The number of rotatable bonds is 15. The maximum atomic E-state index is 11.2. The lowest BCUT2D eigenvalue weighted by Gasteiger charge is -2.07. The van der Waals surface area contributed by atoms with E-state index in [9.17, 15) is 9.59 Å². The number of nitrogens with one attached hydrogen (secondary N) is 3. The lowest BCUT2D eigenvalue weighted by atomic mass is 10.3. The summed E-state index contributed by atoms with van der Waals surface area (Å²) in [5, 5.41) is 17.8. The summed E-state index contributed by atoms with van der Waals surface area (Å²) in [6, 6.07) is 0. The largest absolute Gasteiger partial charge is 0.481 e. The second kappa shape index (κ2) is 15.2. The van der Waals surface area contributed by atoms with Crippen LogP contribution in [0.3, 0.4) is 0 Å². The summed E-state index contributed by atoms with van der Waals surface area (Å²) in [5.74, 6) is -1.13. The van der Waals surface area contributed by atoms with Crippen molar-refractivity contribution in [2.45, 2.75) is 38.5 Å². The minimum Gasteiger partial charge on any atom is -0.481 e. The summed E-state index contributed by atoms with van der Waals surface area (Å²) in [5.41, 5.74) is 5.40. The Kier molecular flexibility index (Phi) is 14.4. The molecule has 0 radical (unpaired) electrons. The van der Waals surface area contributed by atoms with Gasteiger partial charge in [0.05, 0.1) is 6.42 Å². The van der Waals surface area contributed by atoms with E-state index in [1.807, 2.05) is 0 Å². The number of hydrogen-bond donors (Lipinski definition) is 5. The van der Waals surface area contributed by atoms with Gasteiger partial charge < -0.3 is 26.8 Å².